The minimum atomic E-state index is -0.470. The highest BCUT2D eigenvalue weighted by Gasteiger charge is 2.33. The average molecular weight is 363 g/mol. The van der Waals surface area contributed by atoms with Crippen LogP contribution in [0.3, 0.4) is 0 Å². The fraction of sp³-hybridized carbons (Fsp3) is 0.300. The molecular weight excluding hydrogens is 342 g/mol. The van der Waals surface area contributed by atoms with Crippen LogP contribution in [-0.4, -0.2) is 62.3 Å². The smallest absolute Gasteiger partial charge is 0.256 e. The first-order valence-corrected chi connectivity index (χ1v) is 8.95. The van der Waals surface area contributed by atoms with Gasteiger partial charge in [-0.3, -0.25) is 9.59 Å². The molecule has 138 valence electrons. The monoisotopic (exact) mass is 363 g/mol. The Morgan fingerprint density at radius 1 is 1.19 bits per heavy atom. The molecule has 0 radical (unpaired) electrons. The van der Waals surface area contributed by atoms with Gasteiger partial charge in [-0.25, -0.2) is 9.97 Å². The number of aromatic nitrogens is 3. The largest absolute Gasteiger partial charge is 0.342 e. The maximum atomic E-state index is 12.9. The van der Waals surface area contributed by atoms with E-state index in [-0.39, 0.29) is 11.8 Å². The molecule has 1 fully saturated rings. The summed E-state index contributed by atoms with van der Waals surface area (Å²) < 4.78 is 1.96. The molecule has 0 bridgehead atoms. The van der Waals surface area contributed by atoms with Gasteiger partial charge in [0.05, 0.1) is 18.4 Å². The van der Waals surface area contributed by atoms with E-state index >= 15 is 0 Å². The van der Waals surface area contributed by atoms with Gasteiger partial charge in [0.25, 0.3) is 5.91 Å². The number of hydrogen-bond donors (Lipinski definition) is 0. The Morgan fingerprint density at radius 2 is 1.96 bits per heavy atom. The lowest BCUT2D eigenvalue weighted by Gasteiger charge is -2.37. The van der Waals surface area contributed by atoms with Crippen molar-refractivity contribution >= 4 is 23.0 Å². The molecular formula is C20H21N5O2. The molecule has 1 atom stereocenters. The maximum Gasteiger partial charge on any atom is 0.256 e. The second kappa shape index (κ2) is 6.83. The number of carbonyl (C=O) groups excluding carboxylic acids is 2. The Hall–Kier alpha value is -3.22. The summed E-state index contributed by atoms with van der Waals surface area (Å²) in [5.74, 6) is -0.230. The molecule has 2 aromatic heterocycles. The molecule has 1 unspecified atom stereocenters. The summed E-state index contributed by atoms with van der Waals surface area (Å²) in [6.07, 6.45) is 3.31. The van der Waals surface area contributed by atoms with E-state index < -0.39 is 6.04 Å². The summed E-state index contributed by atoms with van der Waals surface area (Å²) in [4.78, 5) is 37.2. The van der Waals surface area contributed by atoms with Gasteiger partial charge in [-0.2, -0.15) is 0 Å². The number of pyridine rings is 1. The van der Waals surface area contributed by atoms with Crippen molar-refractivity contribution in [1.82, 2.24) is 24.3 Å². The lowest BCUT2D eigenvalue weighted by molar-refractivity contribution is -0.137. The van der Waals surface area contributed by atoms with Crippen LogP contribution in [-0.2, 0) is 11.3 Å². The predicted molar refractivity (Wildman–Crippen MR) is 101 cm³/mol. The molecule has 7 nitrogen and oxygen atoms in total. The zero-order valence-electron chi connectivity index (χ0n) is 15.4. The molecule has 2 amide bonds. The Morgan fingerprint density at radius 3 is 2.74 bits per heavy atom. The van der Waals surface area contributed by atoms with Crippen LogP contribution in [0.15, 0.2) is 48.9 Å². The quantitative estimate of drug-likeness (QED) is 0.711. The van der Waals surface area contributed by atoms with E-state index in [0.717, 1.165) is 11.2 Å². The number of fused-ring (bicyclic) bond motifs is 1. The van der Waals surface area contributed by atoms with E-state index in [4.69, 9.17) is 0 Å². The highest BCUT2D eigenvalue weighted by atomic mass is 16.2. The number of nitrogens with zero attached hydrogens (tertiary/aromatic N) is 5. The van der Waals surface area contributed by atoms with Crippen molar-refractivity contribution in [2.75, 3.05) is 20.1 Å². The van der Waals surface area contributed by atoms with Gasteiger partial charge < -0.3 is 14.4 Å². The van der Waals surface area contributed by atoms with E-state index in [0.29, 0.717) is 30.7 Å². The van der Waals surface area contributed by atoms with E-state index in [1.807, 2.05) is 22.8 Å². The number of piperazine rings is 1. The third-order valence-corrected chi connectivity index (χ3v) is 5.04. The Labute approximate surface area is 157 Å². The van der Waals surface area contributed by atoms with Crippen LogP contribution in [0.5, 0.6) is 0 Å². The molecule has 1 aliphatic rings. The molecule has 1 aromatic carbocycles. The van der Waals surface area contributed by atoms with Crippen LogP contribution >= 0.6 is 0 Å². The summed E-state index contributed by atoms with van der Waals surface area (Å²) in [6.45, 7) is 3.48. The fourth-order valence-corrected chi connectivity index (χ4v) is 3.42. The van der Waals surface area contributed by atoms with Gasteiger partial charge in [-0.1, -0.05) is 30.3 Å². The lowest BCUT2D eigenvalue weighted by Crippen LogP contribution is -2.56. The van der Waals surface area contributed by atoms with Crippen LogP contribution in [0.1, 0.15) is 22.8 Å². The Balaban J connectivity index is 1.59. The van der Waals surface area contributed by atoms with Gasteiger partial charge in [0, 0.05) is 26.3 Å². The SMILES string of the molecule is CC1C(=O)N(C)CCN1C(=O)c1cnc2c(c1)ncn2Cc1ccccc1. The number of likely N-dealkylation sites (N-methyl/N-ethyl adjacent to an activating group) is 1. The standard InChI is InChI=1S/C20H21N5O2/c1-14-19(26)23(2)8-9-25(14)20(27)16-10-17-18(21-11-16)24(13-22-17)12-15-6-4-3-5-7-15/h3-7,10-11,13-14H,8-9,12H2,1-2H3. The van der Waals surface area contributed by atoms with Crippen LogP contribution in [0.25, 0.3) is 11.2 Å². The first kappa shape index (κ1) is 17.2. The molecule has 3 heterocycles. The average Bonchev–Trinajstić information content (AvgIpc) is 3.08. The molecule has 0 aliphatic carbocycles. The zero-order valence-corrected chi connectivity index (χ0v) is 15.4. The van der Waals surface area contributed by atoms with E-state index in [2.05, 4.69) is 22.1 Å². The van der Waals surface area contributed by atoms with Gasteiger partial charge >= 0.3 is 0 Å². The lowest BCUT2D eigenvalue weighted by atomic mass is 10.1. The molecule has 1 aliphatic heterocycles. The molecule has 0 N–H and O–H groups in total. The van der Waals surface area contributed by atoms with Crippen molar-refractivity contribution in [3.05, 3.63) is 60.0 Å². The third kappa shape index (κ3) is 3.16. The fourth-order valence-electron chi connectivity index (χ4n) is 3.42. The minimum absolute atomic E-state index is 0.0456. The second-order valence-electron chi connectivity index (χ2n) is 6.86. The van der Waals surface area contributed by atoms with Crippen molar-refractivity contribution in [1.29, 1.82) is 0 Å². The van der Waals surface area contributed by atoms with Crippen molar-refractivity contribution in [2.45, 2.75) is 19.5 Å². The number of rotatable bonds is 3. The van der Waals surface area contributed by atoms with Crippen LogP contribution < -0.4 is 0 Å². The van der Waals surface area contributed by atoms with E-state index in [1.165, 1.54) is 0 Å². The molecule has 3 aromatic rings. The normalized spacial score (nSPS) is 17.6. The minimum Gasteiger partial charge on any atom is -0.342 e. The number of hydrogen-bond acceptors (Lipinski definition) is 4. The summed E-state index contributed by atoms with van der Waals surface area (Å²) in [7, 11) is 1.76. The third-order valence-electron chi connectivity index (χ3n) is 5.04. The van der Waals surface area contributed by atoms with E-state index in [9.17, 15) is 9.59 Å². The van der Waals surface area contributed by atoms with Crippen LogP contribution in [0, 0.1) is 0 Å². The van der Waals surface area contributed by atoms with Gasteiger partial charge in [-0.05, 0) is 18.6 Å². The zero-order chi connectivity index (χ0) is 19.0. The molecule has 4 rings (SSSR count). The number of amides is 2. The summed E-state index contributed by atoms with van der Waals surface area (Å²) >= 11 is 0. The van der Waals surface area contributed by atoms with E-state index in [1.54, 1.807) is 42.4 Å². The molecule has 0 saturated carbocycles. The molecule has 0 spiro atoms. The molecule has 7 heteroatoms. The first-order chi connectivity index (χ1) is 13.0. The van der Waals surface area contributed by atoms with Gasteiger partial charge in [-0.15, -0.1) is 0 Å². The highest BCUT2D eigenvalue weighted by molar-refractivity contribution is 5.99. The number of imidazole rings is 1. The first-order valence-electron chi connectivity index (χ1n) is 8.95. The van der Waals surface area contributed by atoms with Crippen LogP contribution in [0.4, 0.5) is 0 Å². The topological polar surface area (TPSA) is 71.3 Å². The Kier molecular flexibility index (Phi) is 4.35. The van der Waals surface area contributed by atoms with Crippen molar-refractivity contribution in [3.8, 4) is 0 Å². The maximum absolute atomic E-state index is 12.9. The summed E-state index contributed by atoms with van der Waals surface area (Å²) in [5, 5.41) is 0. The van der Waals surface area contributed by atoms with Crippen molar-refractivity contribution < 1.29 is 9.59 Å². The van der Waals surface area contributed by atoms with Crippen LogP contribution in [0.2, 0.25) is 0 Å². The number of carbonyl (C=O) groups is 2. The molecule has 1 saturated heterocycles. The van der Waals surface area contributed by atoms with Crippen molar-refractivity contribution in [3.63, 3.8) is 0 Å². The van der Waals surface area contributed by atoms with Crippen molar-refractivity contribution in [2.24, 2.45) is 0 Å². The van der Waals surface area contributed by atoms with Gasteiger partial charge in [0.2, 0.25) is 5.91 Å². The van der Waals surface area contributed by atoms with Gasteiger partial charge in [0.15, 0.2) is 5.65 Å². The predicted octanol–water partition coefficient (Wildman–Crippen LogP) is 1.78. The second-order valence-corrected chi connectivity index (χ2v) is 6.86. The number of benzene rings is 1. The summed E-state index contributed by atoms with van der Waals surface area (Å²) in [6, 6.07) is 11.4. The highest BCUT2D eigenvalue weighted by Crippen LogP contribution is 2.18. The Bertz CT molecular complexity index is 998. The molecule has 27 heavy (non-hydrogen) atoms. The summed E-state index contributed by atoms with van der Waals surface area (Å²) in [5.41, 5.74) is 3.02. The van der Waals surface area contributed by atoms with Gasteiger partial charge in [0.1, 0.15) is 11.6 Å².